The molecule has 1 aromatic carbocycles. The second kappa shape index (κ2) is 10.8. The summed E-state index contributed by atoms with van der Waals surface area (Å²) in [5.41, 5.74) is 2.01. The van der Waals surface area contributed by atoms with Crippen LogP contribution in [0.5, 0.6) is 5.88 Å². The van der Waals surface area contributed by atoms with Gasteiger partial charge in [-0.25, -0.2) is 4.98 Å². The Balaban J connectivity index is 1.50. The van der Waals surface area contributed by atoms with Crippen molar-refractivity contribution in [1.29, 1.82) is 0 Å². The maximum absolute atomic E-state index is 12.7. The van der Waals surface area contributed by atoms with Crippen LogP contribution >= 0.6 is 11.6 Å². The zero-order valence-corrected chi connectivity index (χ0v) is 18.7. The molecule has 0 atom stereocenters. The molecule has 2 heterocycles. The number of halogens is 4. The van der Waals surface area contributed by atoms with Gasteiger partial charge in [0, 0.05) is 38.1 Å². The molecular formula is C22H24ClF3N4O3. The molecule has 33 heavy (non-hydrogen) atoms. The Labute approximate surface area is 194 Å². The first kappa shape index (κ1) is 24.8. The first-order valence-electron chi connectivity index (χ1n) is 10.4. The number of rotatable bonds is 7. The van der Waals surface area contributed by atoms with Crippen molar-refractivity contribution in [2.75, 3.05) is 44.6 Å². The number of pyridine rings is 1. The van der Waals surface area contributed by atoms with E-state index in [0.29, 0.717) is 26.2 Å². The second-order valence-electron chi connectivity index (χ2n) is 7.54. The summed E-state index contributed by atoms with van der Waals surface area (Å²) in [5.74, 6) is -0.847. The van der Waals surface area contributed by atoms with E-state index in [0.717, 1.165) is 23.9 Å². The van der Waals surface area contributed by atoms with E-state index in [4.69, 9.17) is 11.6 Å². The highest BCUT2D eigenvalue weighted by Gasteiger charge is 2.29. The number of hydrogen-bond acceptors (Lipinski definition) is 5. The van der Waals surface area contributed by atoms with Crippen LogP contribution in [-0.2, 0) is 11.2 Å². The van der Waals surface area contributed by atoms with Gasteiger partial charge in [0.1, 0.15) is 5.02 Å². The Morgan fingerprint density at radius 1 is 1.18 bits per heavy atom. The number of aromatic nitrogens is 1. The highest BCUT2D eigenvalue weighted by molar-refractivity contribution is 6.32. The quantitative estimate of drug-likeness (QED) is 0.649. The van der Waals surface area contributed by atoms with Gasteiger partial charge in [-0.05, 0) is 24.1 Å². The summed E-state index contributed by atoms with van der Waals surface area (Å²) in [6.07, 6.45) is -2.56. The van der Waals surface area contributed by atoms with Crippen LogP contribution < -0.4 is 10.1 Å². The highest BCUT2D eigenvalue weighted by Crippen LogP contribution is 2.25. The molecule has 0 radical (unpaired) electrons. The molecule has 178 valence electrons. The molecule has 2 aromatic rings. The number of carbonyl (C=O) groups is 2. The molecule has 1 fully saturated rings. The fraction of sp³-hybridized carbons (Fsp3) is 0.409. The summed E-state index contributed by atoms with van der Waals surface area (Å²) in [4.78, 5) is 32.4. The fourth-order valence-corrected chi connectivity index (χ4v) is 3.65. The third-order valence-electron chi connectivity index (χ3n) is 5.13. The number of amides is 2. The first-order valence-corrected chi connectivity index (χ1v) is 10.8. The topological polar surface area (TPSA) is 74.8 Å². The number of anilines is 1. The van der Waals surface area contributed by atoms with Gasteiger partial charge in [0.05, 0.1) is 12.1 Å². The summed E-state index contributed by atoms with van der Waals surface area (Å²) >= 11 is 5.93. The molecule has 2 amide bonds. The maximum Gasteiger partial charge on any atom is 0.422 e. The van der Waals surface area contributed by atoms with Crippen molar-refractivity contribution in [1.82, 2.24) is 14.8 Å². The van der Waals surface area contributed by atoms with E-state index >= 15 is 0 Å². The number of carbonyl (C=O) groups excluding carboxylic acids is 2. The average molecular weight is 485 g/mol. The Bertz CT molecular complexity index is 995. The van der Waals surface area contributed by atoms with Gasteiger partial charge < -0.3 is 15.0 Å². The van der Waals surface area contributed by atoms with Crippen molar-refractivity contribution in [2.24, 2.45) is 0 Å². The van der Waals surface area contributed by atoms with Gasteiger partial charge in [0.15, 0.2) is 6.61 Å². The van der Waals surface area contributed by atoms with E-state index in [1.54, 1.807) is 4.90 Å². The zero-order valence-electron chi connectivity index (χ0n) is 18.0. The summed E-state index contributed by atoms with van der Waals surface area (Å²) in [6.45, 7) is 2.49. The molecule has 1 saturated heterocycles. The summed E-state index contributed by atoms with van der Waals surface area (Å²) in [7, 11) is 0. The van der Waals surface area contributed by atoms with Crippen LogP contribution in [0.2, 0.25) is 5.02 Å². The molecule has 1 N–H and O–H groups in total. The lowest BCUT2D eigenvalue weighted by atomic mass is 10.1. The number of ether oxygens (including phenoxy) is 1. The Hall–Kier alpha value is -2.85. The lowest BCUT2D eigenvalue weighted by Gasteiger charge is -2.34. The lowest BCUT2D eigenvalue weighted by molar-refractivity contribution is -0.154. The van der Waals surface area contributed by atoms with Gasteiger partial charge in [-0.2, -0.15) is 13.2 Å². The smallest absolute Gasteiger partial charge is 0.422 e. The zero-order chi connectivity index (χ0) is 24.0. The van der Waals surface area contributed by atoms with Crippen molar-refractivity contribution in [2.45, 2.75) is 19.5 Å². The number of aryl methyl sites for hydroxylation is 1. The largest absolute Gasteiger partial charge is 0.467 e. The third kappa shape index (κ3) is 7.06. The molecule has 1 aliphatic heterocycles. The van der Waals surface area contributed by atoms with Crippen LogP contribution in [0.15, 0.2) is 36.5 Å². The number of piperazine rings is 1. The summed E-state index contributed by atoms with van der Waals surface area (Å²) in [5, 5.41) is 2.76. The van der Waals surface area contributed by atoms with E-state index in [2.05, 4.69) is 15.0 Å². The van der Waals surface area contributed by atoms with Gasteiger partial charge in [0.2, 0.25) is 11.8 Å². The van der Waals surface area contributed by atoms with Gasteiger partial charge >= 0.3 is 6.18 Å². The molecule has 1 aromatic heterocycles. The van der Waals surface area contributed by atoms with Crippen LogP contribution in [0.1, 0.15) is 22.8 Å². The predicted octanol–water partition coefficient (Wildman–Crippen LogP) is 3.64. The second-order valence-corrected chi connectivity index (χ2v) is 7.95. The monoisotopic (exact) mass is 484 g/mol. The minimum atomic E-state index is -4.52. The Morgan fingerprint density at radius 2 is 1.88 bits per heavy atom. The van der Waals surface area contributed by atoms with Crippen LogP contribution in [0.25, 0.3) is 0 Å². The molecule has 0 unspecified atom stereocenters. The van der Waals surface area contributed by atoms with E-state index in [1.165, 1.54) is 6.07 Å². The Kier molecular flexibility index (Phi) is 8.15. The predicted molar refractivity (Wildman–Crippen MR) is 118 cm³/mol. The van der Waals surface area contributed by atoms with E-state index in [-0.39, 0.29) is 34.8 Å². The molecule has 0 bridgehead atoms. The number of nitrogens with one attached hydrogen (secondary N) is 1. The Morgan fingerprint density at radius 3 is 2.52 bits per heavy atom. The minimum Gasteiger partial charge on any atom is -0.467 e. The standard InChI is InChI=1S/C22H24ClF3N4O3/c1-2-15-5-3-4-6-18(15)28-19(31)13-29-7-9-30(10-8-29)21(32)16-11-17(23)20(27-12-16)33-14-22(24,25)26/h3-6,11-12H,2,7-10,13-14H2,1H3,(H,28,31). The SMILES string of the molecule is CCc1ccccc1NC(=O)CN1CCN(C(=O)c2cnc(OCC(F)(F)F)c(Cl)c2)CC1. The normalized spacial score (nSPS) is 14.8. The third-order valence-corrected chi connectivity index (χ3v) is 5.40. The number of nitrogens with zero attached hydrogens (tertiary/aromatic N) is 3. The van der Waals surface area contributed by atoms with E-state index < -0.39 is 12.8 Å². The molecule has 0 aliphatic carbocycles. The number of hydrogen-bond donors (Lipinski definition) is 1. The van der Waals surface area contributed by atoms with Gasteiger partial charge in [-0.3, -0.25) is 14.5 Å². The fourth-order valence-electron chi connectivity index (χ4n) is 3.43. The van der Waals surface area contributed by atoms with Crippen LogP contribution in [0, 0.1) is 0 Å². The molecule has 7 nitrogen and oxygen atoms in total. The molecule has 11 heteroatoms. The van der Waals surface area contributed by atoms with Crippen LogP contribution in [0.3, 0.4) is 0 Å². The summed E-state index contributed by atoms with van der Waals surface area (Å²) in [6, 6.07) is 8.88. The lowest BCUT2D eigenvalue weighted by Crippen LogP contribution is -2.50. The number of benzene rings is 1. The average Bonchev–Trinajstić information content (AvgIpc) is 2.78. The van der Waals surface area contributed by atoms with Crippen molar-refractivity contribution < 1.29 is 27.5 Å². The van der Waals surface area contributed by atoms with Crippen molar-refractivity contribution in [3.8, 4) is 5.88 Å². The number of alkyl halides is 3. The van der Waals surface area contributed by atoms with Gasteiger partial charge in [-0.15, -0.1) is 0 Å². The van der Waals surface area contributed by atoms with Gasteiger partial charge in [-0.1, -0.05) is 36.7 Å². The molecule has 1 aliphatic rings. The van der Waals surface area contributed by atoms with Crippen molar-refractivity contribution in [3.63, 3.8) is 0 Å². The molecular weight excluding hydrogens is 461 g/mol. The highest BCUT2D eigenvalue weighted by atomic mass is 35.5. The minimum absolute atomic E-state index is 0.124. The van der Waals surface area contributed by atoms with Gasteiger partial charge in [0.25, 0.3) is 5.91 Å². The van der Waals surface area contributed by atoms with Crippen molar-refractivity contribution >= 4 is 29.1 Å². The van der Waals surface area contributed by atoms with E-state index in [9.17, 15) is 22.8 Å². The molecule has 0 spiro atoms. The number of para-hydroxylation sites is 1. The summed E-state index contributed by atoms with van der Waals surface area (Å²) < 4.78 is 41.4. The first-order chi connectivity index (χ1) is 15.7. The molecule has 3 rings (SSSR count). The molecule has 0 saturated carbocycles. The van der Waals surface area contributed by atoms with Crippen LogP contribution in [0.4, 0.5) is 18.9 Å². The van der Waals surface area contributed by atoms with E-state index in [1.807, 2.05) is 36.1 Å². The van der Waals surface area contributed by atoms with Crippen LogP contribution in [-0.4, -0.2) is 72.1 Å². The van der Waals surface area contributed by atoms with Crippen molar-refractivity contribution in [3.05, 3.63) is 52.7 Å². The maximum atomic E-state index is 12.7.